The number of primary amides is 1. The minimum Gasteiger partial charge on any atom is -0.368 e. The molecule has 92 valence electrons. The zero-order valence-electron chi connectivity index (χ0n) is 9.56. The Morgan fingerprint density at radius 2 is 2.06 bits per heavy atom. The third-order valence-electron chi connectivity index (χ3n) is 2.17. The number of nitrogens with two attached hydrogens (primary N) is 1. The van der Waals surface area contributed by atoms with Crippen molar-refractivity contribution >= 4 is 11.8 Å². The fourth-order valence-corrected chi connectivity index (χ4v) is 1.25. The monoisotopic (exact) mass is 238 g/mol. The fourth-order valence-electron chi connectivity index (χ4n) is 1.25. The van der Waals surface area contributed by atoms with E-state index in [1.807, 2.05) is 0 Å². The lowest BCUT2D eigenvalue weighted by atomic mass is 10.0. The summed E-state index contributed by atoms with van der Waals surface area (Å²) in [6, 6.07) is 1.68. The highest BCUT2D eigenvalue weighted by molar-refractivity contribution is 5.95. The van der Waals surface area contributed by atoms with Gasteiger partial charge in [-0.3, -0.25) is 14.4 Å². The molecule has 0 fully saturated rings. The molecule has 4 N–H and O–H groups in total. The summed E-state index contributed by atoms with van der Waals surface area (Å²) in [7, 11) is 0. The first-order valence-electron chi connectivity index (χ1n) is 5.07. The Hall–Kier alpha value is -2.18. The first-order chi connectivity index (χ1) is 7.91. The Kier molecular flexibility index (Phi) is 3.97. The van der Waals surface area contributed by atoms with Crippen LogP contribution in [0.1, 0.15) is 24.3 Å². The van der Waals surface area contributed by atoms with Gasteiger partial charge in [-0.1, -0.05) is 13.8 Å². The second-order valence-corrected chi connectivity index (χ2v) is 3.90. The predicted octanol–water partition coefficient (Wildman–Crippen LogP) is -0.990. The summed E-state index contributed by atoms with van der Waals surface area (Å²) >= 11 is 0. The lowest BCUT2D eigenvalue weighted by molar-refractivity contribution is -0.120. The van der Waals surface area contributed by atoms with Crippen LogP contribution in [-0.2, 0) is 4.79 Å². The van der Waals surface area contributed by atoms with Crippen LogP contribution in [0.15, 0.2) is 16.9 Å². The van der Waals surface area contributed by atoms with Gasteiger partial charge < -0.3 is 11.1 Å². The van der Waals surface area contributed by atoms with Crippen molar-refractivity contribution < 1.29 is 9.59 Å². The van der Waals surface area contributed by atoms with Crippen LogP contribution >= 0.6 is 0 Å². The third-order valence-corrected chi connectivity index (χ3v) is 2.17. The highest BCUT2D eigenvalue weighted by Gasteiger charge is 2.22. The molecule has 0 bridgehead atoms. The topological polar surface area (TPSA) is 118 Å². The lowest BCUT2D eigenvalue weighted by Crippen LogP contribution is -2.48. The maximum absolute atomic E-state index is 11.7. The van der Waals surface area contributed by atoms with Crippen LogP contribution < -0.4 is 16.6 Å². The number of aromatic nitrogens is 2. The molecule has 0 aliphatic heterocycles. The summed E-state index contributed by atoms with van der Waals surface area (Å²) < 4.78 is 0. The minimum atomic E-state index is -0.767. The number of carbonyl (C=O) groups is 2. The van der Waals surface area contributed by atoms with Crippen LogP contribution in [0.3, 0.4) is 0 Å². The van der Waals surface area contributed by atoms with E-state index < -0.39 is 23.4 Å². The lowest BCUT2D eigenvalue weighted by Gasteiger charge is -2.18. The van der Waals surface area contributed by atoms with Crippen LogP contribution in [0.25, 0.3) is 0 Å². The number of H-pyrrole nitrogens is 1. The zero-order chi connectivity index (χ0) is 13.0. The molecule has 7 heteroatoms. The quantitative estimate of drug-likeness (QED) is 0.624. The molecule has 0 aromatic carbocycles. The molecule has 1 aromatic rings. The van der Waals surface area contributed by atoms with Crippen molar-refractivity contribution in [2.24, 2.45) is 11.7 Å². The SMILES string of the molecule is CC(C)C(NC(=O)c1ccc(=O)[nH]n1)C(N)=O. The zero-order valence-corrected chi connectivity index (χ0v) is 9.56. The molecule has 1 heterocycles. The van der Waals surface area contributed by atoms with Gasteiger partial charge in [-0.25, -0.2) is 5.10 Å². The van der Waals surface area contributed by atoms with Gasteiger partial charge in [-0.15, -0.1) is 0 Å². The van der Waals surface area contributed by atoms with Gasteiger partial charge in [0.05, 0.1) is 0 Å². The second kappa shape index (κ2) is 5.24. The molecule has 1 atom stereocenters. The van der Waals surface area contributed by atoms with Gasteiger partial charge in [0, 0.05) is 6.07 Å². The third kappa shape index (κ3) is 3.40. The Bertz CT molecular complexity index is 460. The molecule has 1 rings (SSSR count). The summed E-state index contributed by atoms with van der Waals surface area (Å²) in [4.78, 5) is 33.5. The van der Waals surface area contributed by atoms with Crippen molar-refractivity contribution in [3.63, 3.8) is 0 Å². The Morgan fingerprint density at radius 3 is 2.47 bits per heavy atom. The molecule has 2 amide bonds. The molecular weight excluding hydrogens is 224 g/mol. The van der Waals surface area contributed by atoms with Gasteiger partial charge in [-0.2, -0.15) is 5.10 Å². The molecule has 1 aromatic heterocycles. The van der Waals surface area contributed by atoms with Crippen LogP contribution in [0.5, 0.6) is 0 Å². The van der Waals surface area contributed by atoms with E-state index in [1.54, 1.807) is 13.8 Å². The number of nitrogens with zero attached hydrogens (tertiary/aromatic N) is 1. The van der Waals surface area contributed by atoms with E-state index in [1.165, 1.54) is 12.1 Å². The predicted molar refractivity (Wildman–Crippen MR) is 60.1 cm³/mol. The van der Waals surface area contributed by atoms with Crippen molar-refractivity contribution in [2.75, 3.05) is 0 Å². The average molecular weight is 238 g/mol. The van der Waals surface area contributed by atoms with Gasteiger partial charge in [0.15, 0.2) is 0 Å². The van der Waals surface area contributed by atoms with Crippen molar-refractivity contribution in [1.82, 2.24) is 15.5 Å². The molecule has 0 radical (unpaired) electrons. The van der Waals surface area contributed by atoms with Crippen LogP contribution in [0.2, 0.25) is 0 Å². The highest BCUT2D eigenvalue weighted by atomic mass is 16.2. The molecule has 0 saturated carbocycles. The van der Waals surface area contributed by atoms with Gasteiger partial charge in [0.25, 0.3) is 11.5 Å². The van der Waals surface area contributed by atoms with E-state index in [0.29, 0.717) is 0 Å². The van der Waals surface area contributed by atoms with Crippen molar-refractivity contribution in [1.29, 1.82) is 0 Å². The second-order valence-electron chi connectivity index (χ2n) is 3.90. The van der Waals surface area contributed by atoms with E-state index in [4.69, 9.17) is 5.73 Å². The van der Waals surface area contributed by atoms with Gasteiger partial charge in [0.2, 0.25) is 5.91 Å². The van der Waals surface area contributed by atoms with E-state index >= 15 is 0 Å². The van der Waals surface area contributed by atoms with Crippen molar-refractivity contribution in [3.8, 4) is 0 Å². The molecule has 0 saturated heterocycles. The van der Waals surface area contributed by atoms with Crippen LogP contribution in [-0.4, -0.2) is 28.1 Å². The highest BCUT2D eigenvalue weighted by Crippen LogP contribution is 2.02. The summed E-state index contributed by atoms with van der Waals surface area (Å²) in [5.41, 5.74) is 4.78. The fraction of sp³-hybridized carbons (Fsp3) is 0.400. The van der Waals surface area contributed by atoms with Gasteiger partial charge in [0.1, 0.15) is 11.7 Å². The van der Waals surface area contributed by atoms with Crippen molar-refractivity contribution in [2.45, 2.75) is 19.9 Å². The van der Waals surface area contributed by atoms with Gasteiger partial charge >= 0.3 is 0 Å². The maximum Gasteiger partial charge on any atom is 0.272 e. The smallest absolute Gasteiger partial charge is 0.272 e. The minimum absolute atomic E-state index is 0.0245. The summed E-state index contributed by atoms with van der Waals surface area (Å²) in [6.07, 6.45) is 0. The van der Waals surface area contributed by atoms with Crippen LogP contribution in [0, 0.1) is 5.92 Å². The summed E-state index contributed by atoms with van der Waals surface area (Å²) in [6.45, 7) is 3.52. The first kappa shape index (κ1) is 12.9. The number of carbonyl (C=O) groups excluding carboxylic acids is 2. The number of hydrogen-bond donors (Lipinski definition) is 3. The molecular formula is C10H14N4O3. The maximum atomic E-state index is 11.7. The average Bonchev–Trinajstić information content (AvgIpc) is 2.25. The molecule has 0 aliphatic rings. The molecule has 17 heavy (non-hydrogen) atoms. The molecule has 0 spiro atoms. The number of nitrogens with one attached hydrogen (secondary N) is 2. The Labute approximate surface area is 97.4 Å². The first-order valence-corrected chi connectivity index (χ1v) is 5.07. The number of hydrogen-bond acceptors (Lipinski definition) is 4. The van der Waals surface area contributed by atoms with E-state index in [2.05, 4.69) is 15.5 Å². The largest absolute Gasteiger partial charge is 0.368 e. The van der Waals surface area contributed by atoms with E-state index in [9.17, 15) is 14.4 Å². The van der Waals surface area contributed by atoms with E-state index in [0.717, 1.165) is 0 Å². The van der Waals surface area contributed by atoms with E-state index in [-0.39, 0.29) is 11.6 Å². The number of rotatable bonds is 4. The molecule has 0 aliphatic carbocycles. The van der Waals surface area contributed by atoms with Crippen molar-refractivity contribution in [3.05, 3.63) is 28.2 Å². The van der Waals surface area contributed by atoms with Gasteiger partial charge in [-0.05, 0) is 12.0 Å². The Balaban J connectivity index is 2.81. The Morgan fingerprint density at radius 1 is 1.41 bits per heavy atom. The van der Waals surface area contributed by atoms with Crippen LogP contribution in [0.4, 0.5) is 0 Å². The molecule has 1 unspecified atom stereocenters. The summed E-state index contributed by atoms with van der Waals surface area (Å²) in [5.74, 6) is -1.30. The number of aromatic amines is 1. The summed E-state index contributed by atoms with van der Waals surface area (Å²) in [5, 5.41) is 8.13. The standard InChI is InChI=1S/C10H14N4O3/c1-5(2)8(9(11)16)12-10(17)6-3-4-7(15)14-13-6/h3-5,8H,1-2H3,(H2,11,16)(H,12,17)(H,14,15). The molecule has 7 nitrogen and oxygen atoms in total. The normalized spacial score (nSPS) is 12.2. The number of amides is 2.